The van der Waals surface area contributed by atoms with E-state index in [-0.39, 0.29) is 5.91 Å². The number of carbonyl (C=O) groups is 1. The number of carbonyl (C=O) groups excluding carboxylic acids is 1. The lowest BCUT2D eigenvalue weighted by Gasteiger charge is -2.34. The molecule has 116 valence electrons. The molecular weight excluding hydrogens is 262 g/mol. The number of nitrogens with two attached hydrogens (primary N) is 1. The third-order valence-electron chi connectivity index (χ3n) is 4.40. The summed E-state index contributed by atoms with van der Waals surface area (Å²) in [5.41, 5.74) is 8.11. The van der Waals surface area contributed by atoms with Crippen molar-refractivity contribution in [1.82, 2.24) is 5.32 Å². The Bertz CT molecular complexity index is 501. The number of hydrogen-bond donors (Lipinski definition) is 3. The first-order valence-electron chi connectivity index (χ1n) is 7.95. The summed E-state index contributed by atoms with van der Waals surface area (Å²) in [6.45, 7) is 7.14. The van der Waals surface area contributed by atoms with E-state index in [0.717, 1.165) is 18.0 Å². The molecule has 0 bridgehead atoms. The summed E-state index contributed by atoms with van der Waals surface area (Å²) < 4.78 is 0. The Morgan fingerprint density at radius 3 is 2.76 bits per heavy atom. The molecular formula is C17H27N3O. The van der Waals surface area contributed by atoms with Crippen molar-refractivity contribution in [3.8, 4) is 0 Å². The largest absolute Gasteiger partial charge is 0.399 e. The normalized spacial score (nSPS) is 25.4. The van der Waals surface area contributed by atoms with Crippen LogP contribution >= 0.6 is 0 Å². The molecule has 1 aromatic rings. The molecule has 4 N–H and O–H groups in total. The molecule has 3 unspecified atom stereocenters. The highest BCUT2D eigenvalue weighted by molar-refractivity contribution is 6.00. The summed E-state index contributed by atoms with van der Waals surface area (Å²) in [6.07, 6.45) is 3.61. The molecule has 0 heterocycles. The van der Waals surface area contributed by atoms with Crippen LogP contribution in [0.1, 0.15) is 50.4 Å². The highest BCUT2D eigenvalue weighted by atomic mass is 16.1. The first-order valence-corrected chi connectivity index (χ1v) is 7.95. The van der Waals surface area contributed by atoms with Gasteiger partial charge in [-0.05, 0) is 56.2 Å². The van der Waals surface area contributed by atoms with Crippen LogP contribution in [0.2, 0.25) is 0 Å². The van der Waals surface area contributed by atoms with Crippen molar-refractivity contribution in [2.24, 2.45) is 11.8 Å². The molecule has 1 fully saturated rings. The lowest BCUT2D eigenvalue weighted by molar-refractivity contribution is 0.0956. The van der Waals surface area contributed by atoms with Crippen molar-refractivity contribution < 1.29 is 4.79 Å². The second kappa shape index (κ2) is 6.83. The van der Waals surface area contributed by atoms with E-state index < -0.39 is 0 Å². The van der Waals surface area contributed by atoms with E-state index in [2.05, 4.69) is 24.5 Å². The molecule has 2 rings (SSSR count). The van der Waals surface area contributed by atoms with Crippen LogP contribution in [0.25, 0.3) is 0 Å². The van der Waals surface area contributed by atoms with Crippen molar-refractivity contribution in [1.29, 1.82) is 0 Å². The maximum atomic E-state index is 12.2. The van der Waals surface area contributed by atoms with Crippen molar-refractivity contribution in [2.75, 3.05) is 17.6 Å². The minimum absolute atomic E-state index is 0.0446. The Kier molecular flexibility index (Phi) is 5.10. The fraction of sp³-hybridized carbons (Fsp3) is 0.588. The van der Waals surface area contributed by atoms with Crippen LogP contribution in [-0.4, -0.2) is 18.5 Å². The number of anilines is 2. The van der Waals surface area contributed by atoms with Crippen molar-refractivity contribution in [2.45, 2.75) is 46.1 Å². The molecule has 0 aromatic heterocycles. The van der Waals surface area contributed by atoms with Gasteiger partial charge in [0.15, 0.2) is 0 Å². The van der Waals surface area contributed by atoms with Gasteiger partial charge in [0.25, 0.3) is 5.91 Å². The van der Waals surface area contributed by atoms with Gasteiger partial charge in [-0.2, -0.15) is 0 Å². The maximum Gasteiger partial charge on any atom is 0.253 e. The zero-order valence-electron chi connectivity index (χ0n) is 13.3. The molecule has 4 nitrogen and oxygen atoms in total. The summed E-state index contributed by atoms with van der Waals surface area (Å²) in [5, 5.41) is 6.42. The fourth-order valence-electron chi connectivity index (χ4n) is 3.21. The summed E-state index contributed by atoms with van der Waals surface area (Å²) in [4.78, 5) is 12.2. The predicted octanol–water partition coefficient (Wildman–Crippen LogP) is 3.26. The van der Waals surface area contributed by atoms with Crippen molar-refractivity contribution in [3.63, 3.8) is 0 Å². The van der Waals surface area contributed by atoms with Crippen molar-refractivity contribution >= 4 is 17.3 Å². The topological polar surface area (TPSA) is 67.2 Å². The molecule has 1 aliphatic rings. The molecule has 0 radical (unpaired) electrons. The fourth-order valence-corrected chi connectivity index (χ4v) is 3.21. The van der Waals surface area contributed by atoms with Gasteiger partial charge in [0.05, 0.1) is 5.56 Å². The summed E-state index contributed by atoms with van der Waals surface area (Å²) in [7, 11) is 0. The van der Waals surface area contributed by atoms with Gasteiger partial charge in [0.1, 0.15) is 0 Å². The van der Waals surface area contributed by atoms with E-state index in [9.17, 15) is 4.79 Å². The van der Waals surface area contributed by atoms with Gasteiger partial charge in [-0.3, -0.25) is 4.79 Å². The minimum atomic E-state index is -0.0446. The monoisotopic (exact) mass is 289 g/mol. The number of rotatable bonds is 4. The molecule has 0 aliphatic heterocycles. The van der Waals surface area contributed by atoms with Crippen LogP contribution in [-0.2, 0) is 0 Å². The molecule has 0 spiro atoms. The Morgan fingerprint density at radius 2 is 2.10 bits per heavy atom. The van der Waals surface area contributed by atoms with E-state index in [4.69, 9.17) is 5.73 Å². The third kappa shape index (κ3) is 3.90. The maximum absolute atomic E-state index is 12.2. The van der Waals surface area contributed by atoms with Crippen LogP contribution in [0.3, 0.4) is 0 Å². The molecule has 21 heavy (non-hydrogen) atoms. The molecule has 1 aliphatic carbocycles. The van der Waals surface area contributed by atoms with Gasteiger partial charge in [-0.25, -0.2) is 0 Å². The predicted molar refractivity (Wildman–Crippen MR) is 88.5 cm³/mol. The Labute approximate surface area is 127 Å². The molecule has 1 saturated carbocycles. The van der Waals surface area contributed by atoms with Gasteiger partial charge in [0, 0.05) is 24.0 Å². The van der Waals surface area contributed by atoms with Crippen LogP contribution in [0.5, 0.6) is 0 Å². The average molecular weight is 289 g/mol. The second-order valence-electron chi connectivity index (χ2n) is 6.31. The molecule has 3 atom stereocenters. The summed E-state index contributed by atoms with van der Waals surface area (Å²) in [5.74, 6) is 1.36. The zero-order valence-corrected chi connectivity index (χ0v) is 13.3. The first kappa shape index (κ1) is 15.7. The number of nitrogen functional groups attached to an aromatic ring is 1. The highest BCUT2D eigenvalue weighted by Gasteiger charge is 2.26. The Balaban J connectivity index is 2.18. The SMILES string of the molecule is CCNC(=O)c1ccc(N)cc1NC1CCC(C)CC1C. The van der Waals surface area contributed by atoms with Gasteiger partial charge in [-0.15, -0.1) is 0 Å². The second-order valence-corrected chi connectivity index (χ2v) is 6.31. The molecule has 1 aromatic carbocycles. The van der Waals surface area contributed by atoms with E-state index in [0.29, 0.717) is 29.8 Å². The summed E-state index contributed by atoms with van der Waals surface area (Å²) >= 11 is 0. The lowest BCUT2D eigenvalue weighted by Crippen LogP contribution is -2.34. The lowest BCUT2D eigenvalue weighted by atomic mass is 9.79. The van der Waals surface area contributed by atoms with Gasteiger partial charge >= 0.3 is 0 Å². The van der Waals surface area contributed by atoms with E-state index in [1.54, 1.807) is 12.1 Å². The van der Waals surface area contributed by atoms with Gasteiger partial charge in [0.2, 0.25) is 0 Å². The van der Waals surface area contributed by atoms with Gasteiger partial charge < -0.3 is 16.4 Å². The molecule has 1 amide bonds. The number of benzene rings is 1. The van der Waals surface area contributed by atoms with Crippen LogP contribution in [0.15, 0.2) is 18.2 Å². The Hall–Kier alpha value is -1.71. The first-order chi connectivity index (χ1) is 10.0. The third-order valence-corrected chi connectivity index (χ3v) is 4.40. The number of amides is 1. The standard InChI is InChI=1S/C17H27N3O/c1-4-19-17(21)14-7-6-13(18)10-16(14)20-15-8-5-11(2)9-12(15)3/h6-7,10-12,15,20H,4-5,8-9,18H2,1-3H3,(H,19,21). The zero-order chi connectivity index (χ0) is 15.4. The Morgan fingerprint density at radius 1 is 1.33 bits per heavy atom. The minimum Gasteiger partial charge on any atom is -0.399 e. The van der Waals surface area contributed by atoms with Gasteiger partial charge in [-0.1, -0.05) is 13.8 Å². The average Bonchev–Trinajstić information content (AvgIpc) is 2.42. The highest BCUT2D eigenvalue weighted by Crippen LogP contribution is 2.32. The van der Waals surface area contributed by atoms with Crippen LogP contribution in [0.4, 0.5) is 11.4 Å². The smallest absolute Gasteiger partial charge is 0.253 e. The quantitative estimate of drug-likeness (QED) is 0.745. The molecule has 0 saturated heterocycles. The summed E-state index contributed by atoms with van der Waals surface area (Å²) in [6, 6.07) is 5.87. The van der Waals surface area contributed by atoms with Crippen molar-refractivity contribution in [3.05, 3.63) is 23.8 Å². The van der Waals surface area contributed by atoms with Crippen LogP contribution in [0, 0.1) is 11.8 Å². The number of nitrogens with one attached hydrogen (secondary N) is 2. The van der Waals surface area contributed by atoms with E-state index in [1.807, 2.05) is 13.0 Å². The van der Waals surface area contributed by atoms with Crippen LogP contribution < -0.4 is 16.4 Å². The van der Waals surface area contributed by atoms with E-state index >= 15 is 0 Å². The molecule has 4 heteroatoms. The number of hydrogen-bond acceptors (Lipinski definition) is 3. The van der Waals surface area contributed by atoms with E-state index in [1.165, 1.54) is 12.8 Å².